The van der Waals surface area contributed by atoms with Crippen LogP contribution in [0.25, 0.3) is 0 Å². The quantitative estimate of drug-likeness (QED) is 0.321. The van der Waals surface area contributed by atoms with Crippen LogP contribution in [0.5, 0.6) is 0 Å². The van der Waals surface area contributed by atoms with Crippen molar-refractivity contribution >= 4 is 21.7 Å². The van der Waals surface area contributed by atoms with Crippen LogP contribution in [0.15, 0.2) is 77.7 Å². The van der Waals surface area contributed by atoms with E-state index in [-0.39, 0.29) is 11.5 Å². The first-order valence-electron chi connectivity index (χ1n) is 9.81. The Morgan fingerprint density at radius 1 is 1.00 bits per heavy atom. The SMILES string of the molecule is C#Cc1ccccc1C(=O)OCCCc1ccccc1NS(=O)(=O)c1ccc(C)cc1. The van der Waals surface area contributed by atoms with E-state index in [1.54, 1.807) is 60.7 Å². The normalized spacial score (nSPS) is 10.8. The Morgan fingerprint density at radius 2 is 1.68 bits per heavy atom. The molecule has 0 radical (unpaired) electrons. The van der Waals surface area contributed by atoms with Crippen molar-refractivity contribution < 1.29 is 17.9 Å². The van der Waals surface area contributed by atoms with Crippen molar-refractivity contribution in [2.45, 2.75) is 24.7 Å². The molecule has 0 aliphatic heterocycles. The molecule has 0 bridgehead atoms. The van der Waals surface area contributed by atoms with Gasteiger partial charge in [0, 0.05) is 5.56 Å². The average molecular weight is 434 g/mol. The van der Waals surface area contributed by atoms with Crippen molar-refractivity contribution in [1.82, 2.24) is 0 Å². The molecule has 0 aliphatic carbocycles. The molecule has 0 saturated heterocycles. The predicted octanol–water partition coefficient (Wildman–Crippen LogP) is 4.57. The summed E-state index contributed by atoms with van der Waals surface area (Å²) < 4.78 is 33.4. The lowest BCUT2D eigenvalue weighted by molar-refractivity contribution is 0.0500. The van der Waals surface area contributed by atoms with Crippen LogP contribution in [0.4, 0.5) is 5.69 Å². The van der Waals surface area contributed by atoms with E-state index in [9.17, 15) is 13.2 Å². The Labute approximate surface area is 183 Å². The van der Waals surface area contributed by atoms with Crippen molar-refractivity contribution in [2.24, 2.45) is 0 Å². The van der Waals surface area contributed by atoms with Crippen molar-refractivity contribution in [1.29, 1.82) is 0 Å². The number of ether oxygens (including phenoxy) is 1. The number of rotatable bonds is 8. The highest BCUT2D eigenvalue weighted by Crippen LogP contribution is 2.22. The summed E-state index contributed by atoms with van der Waals surface area (Å²) >= 11 is 0. The third kappa shape index (κ3) is 5.74. The molecule has 1 N–H and O–H groups in total. The molecule has 0 amide bonds. The molecule has 31 heavy (non-hydrogen) atoms. The largest absolute Gasteiger partial charge is 0.462 e. The van der Waals surface area contributed by atoms with Crippen LogP contribution in [0.2, 0.25) is 0 Å². The van der Waals surface area contributed by atoms with Gasteiger partial charge in [-0.2, -0.15) is 0 Å². The Balaban J connectivity index is 1.62. The van der Waals surface area contributed by atoms with E-state index in [2.05, 4.69) is 10.6 Å². The fourth-order valence-electron chi connectivity index (χ4n) is 3.05. The molecular formula is C25H23NO4S. The van der Waals surface area contributed by atoms with E-state index in [1.165, 1.54) is 0 Å². The number of sulfonamides is 1. The third-order valence-electron chi connectivity index (χ3n) is 4.72. The van der Waals surface area contributed by atoms with Gasteiger partial charge in [-0.3, -0.25) is 4.72 Å². The van der Waals surface area contributed by atoms with Gasteiger partial charge in [0.1, 0.15) is 0 Å². The molecule has 3 aromatic rings. The summed E-state index contributed by atoms with van der Waals surface area (Å²) in [5.41, 5.74) is 3.16. The highest BCUT2D eigenvalue weighted by molar-refractivity contribution is 7.92. The first-order chi connectivity index (χ1) is 14.9. The smallest absolute Gasteiger partial charge is 0.339 e. The Morgan fingerprint density at radius 3 is 2.42 bits per heavy atom. The maximum Gasteiger partial charge on any atom is 0.339 e. The minimum Gasteiger partial charge on any atom is -0.462 e. The first kappa shape index (κ1) is 22.1. The summed E-state index contributed by atoms with van der Waals surface area (Å²) in [6.45, 7) is 2.09. The second-order valence-electron chi connectivity index (χ2n) is 7.01. The number of carbonyl (C=O) groups is 1. The number of carbonyl (C=O) groups excluding carboxylic acids is 1. The highest BCUT2D eigenvalue weighted by atomic mass is 32.2. The lowest BCUT2D eigenvalue weighted by Crippen LogP contribution is -2.14. The fraction of sp³-hybridized carbons (Fsp3) is 0.160. The summed E-state index contributed by atoms with van der Waals surface area (Å²) in [6, 6.07) is 20.7. The molecule has 0 heterocycles. The zero-order valence-corrected chi connectivity index (χ0v) is 18.0. The predicted molar refractivity (Wildman–Crippen MR) is 121 cm³/mol. The molecule has 0 atom stereocenters. The van der Waals surface area contributed by atoms with Crippen LogP contribution in [0.3, 0.4) is 0 Å². The molecule has 0 aliphatic rings. The lowest BCUT2D eigenvalue weighted by atomic mass is 10.1. The molecule has 0 unspecified atom stereocenters. The molecule has 158 valence electrons. The number of aryl methyl sites for hydroxylation is 2. The monoisotopic (exact) mass is 433 g/mol. The van der Waals surface area contributed by atoms with E-state index >= 15 is 0 Å². The average Bonchev–Trinajstić information content (AvgIpc) is 2.77. The highest BCUT2D eigenvalue weighted by Gasteiger charge is 2.16. The Kier molecular flexibility index (Phi) is 7.11. The van der Waals surface area contributed by atoms with Crippen LogP contribution < -0.4 is 4.72 Å². The number of esters is 1. The van der Waals surface area contributed by atoms with Gasteiger partial charge in [0.15, 0.2) is 0 Å². The van der Waals surface area contributed by atoms with Gasteiger partial charge in [-0.05, 0) is 55.7 Å². The Bertz CT molecular complexity index is 1210. The second-order valence-corrected chi connectivity index (χ2v) is 8.69. The summed E-state index contributed by atoms with van der Waals surface area (Å²) in [6.07, 6.45) is 6.50. The standard InChI is InChI=1S/C25H23NO4S/c1-3-20-9-4-6-12-23(20)25(27)30-18-8-11-21-10-5-7-13-24(21)26-31(28,29)22-16-14-19(2)15-17-22/h1,4-7,9-10,12-17,26H,8,11,18H2,2H3. The number of anilines is 1. The van der Waals surface area contributed by atoms with E-state index < -0.39 is 16.0 Å². The molecule has 0 saturated carbocycles. The molecule has 0 aromatic heterocycles. The second kappa shape index (κ2) is 9.96. The van der Waals surface area contributed by atoms with Crippen molar-refractivity contribution in [3.05, 3.63) is 95.1 Å². The van der Waals surface area contributed by atoms with Gasteiger partial charge in [0.25, 0.3) is 10.0 Å². The summed E-state index contributed by atoms with van der Waals surface area (Å²) in [7, 11) is -3.69. The first-order valence-corrected chi connectivity index (χ1v) is 11.3. The van der Waals surface area contributed by atoms with Crippen LogP contribution in [-0.2, 0) is 21.2 Å². The van der Waals surface area contributed by atoms with E-state index in [0.29, 0.717) is 29.7 Å². The number of para-hydroxylation sites is 1. The third-order valence-corrected chi connectivity index (χ3v) is 6.10. The van der Waals surface area contributed by atoms with Crippen molar-refractivity contribution in [2.75, 3.05) is 11.3 Å². The van der Waals surface area contributed by atoms with Crippen LogP contribution in [-0.4, -0.2) is 21.0 Å². The van der Waals surface area contributed by atoms with Gasteiger partial charge in [-0.15, -0.1) is 6.42 Å². The molecule has 0 spiro atoms. The Hall–Kier alpha value is -3.56. The van der Waals surface area contributed by atoms with Crippen LogP contribution in [0, 0.1) is 19.3 Å². The topological polar surface area (TPSA) is 72.5 Å². The maximum absolute atomic E-state index is 12.7. The van der Waals surface area contributed by atoms with Gasteiger partial charge in [-0.1, -0.05) is 53.9 Å². The van der Waals surface area contributed by atoms with E-state index in [4.69, 9.17) is 11.2 Å². The van der Waals surface area contributed by atoms with Gasteiger partial charge >= 0.3 is 5.97 Å². The van der Waals surface area contributed by atoms with Gasteiger partial charge in [0.2, 0.25) is 0 Å². The minimum atomic E-state index is -3.69. The maximum atomic E-state index is 12.7. The lowest BCUT2D eigenvalue weighted by Gasteiger charge is -2.13. The molecule has 6 heteroatoms. The van der Waals surface area contributed by atoms with Crippen LogP contribution >= 0.6 is 0 Å². The summed E-state index contributed by atoms with van der Waals surface area (Å²) in [5.74, 6) is 2.00. The van der Waals surface area contributed by atoms with E-state index in [0.717, 1.165) is 11.1 Å². The number of hydrogen-bond donors (Lipinski definition) is 1. The van der Waals surface area contributed by atoms with Crippen molar-refractivity contribution in [3.8, 4) is 12.3 Å². The van der Waals surface area contributed by atoms with Gasteiger partial charge < -0.3 is 4.74 Å². The molecule has 3 aromatic carbocycles. The molecule has 3 rings (SSSR count). The minimum absolute atomic E-state index is 0.191. The fourth-order valence-corrected chi connectivity index (χ4v) is 4.15. The zero-order valence-electron chi connectivity index (χ0n) is 17.2. The van der Waals surface area contributed by atoms with Crippen molar-refractivity contribution in [3.63, 3.8) is 0 Å². The van der Waals surface area contributed by atoms with Gasteiger partial charge in [-0.25, -0.2) is 13.2 Å². The zero-order chi connectivity index (χ0) is 22.3. The number of nitrogens with one attached hydrogen (secondary N) is 1. The molecule has 0 fully saturated rings. The van der Waals surface area contributed by atoms with Gasteiger partial charge in [0.05, 0.1) is 22.8 Å². The molecular weight excluding hydrogens is 410 g/mol. The van der Waals surface area contributed by atoms with Crippen LogP contribution in [0.1, 0.15) is 33.5 Å². The number of terminal acetylenes is 1. The number of benzene rings is 3. The summed E-state index contributed by atoms with van der Waals surface area (Å²) in [5, 5.41) is 0. The summed E-state index contributed by atoms with van der Waals surface area (Å²) in [4.78, 5) is 12.5. The number of hydrogen-bond acceptors (Lipinski definition) is 4. The molecule has 5 nitrogen and oxygen atoms in total. The van der Waals surface area contributed by atoms with E-state index in [1.807, 2.05) is 19.1 Å².